The van der Waals surface area contributed by atoms with E-state index in [4.69, 9.17) is 21.8 Å². The zero-order valence-corrected chi connectivity index (χ0v) is 8.94. The van der Waals surface area contributed by atoms with Crippen molar-refractivity contribution in [3.63, 3.8) is 0 Å². The van der Waals surface area contributed by atoms with Gasteiger partial charge in [0.05, 0.1) is 6.61 Å². The highest BCUT2D eigenvalue weighted by molar-refractivity contribution is 6.30. The van der Waals surface area contributed by atoms with Crippen LogP contribution in [0.5, 0.6) is 0 Å². The smallest absolute Gasteiger partial charge is 0.328 e. The average molecular weight is 244 g/mol. The first-order valence-electron chi connectivity index (χ1n) is 4.44. The van der Waals surface area contributed by atoms with Crippen LogP contribution in [0.2, 0.25) is 5.02 Å². The van der Waals surface area contributed by atoms with Crippen LogP contribution in [0.4, 0.5) is 0 Å². The Labute approximate surface area is 96.7 Å². The van der Waals surface area contributed by atoms with Gasteiger partial charge in [0, 0.05) is 10.6 Å². The molecule has 0 aliphatic heterocycles. The highest BCUT2D eigenvalue weighted by Gasteiger charge is 2.19. The third-order valence-electron chi connectivity index (χ3n) is 1.89. The maximum absolute atomic E-state index is 11.5. The Morgan fingerprint density at radius 1 is 1.31 bits per heavy atom. The molecule has 1 atom stereocenters. The number of aliphatic carboxylic acids is 1. The molecule has 0 saturated carbocycles. The maximum atomic E-state index is 11.5. The number of rotatable bonds is 4. The summed E-state index contributed by atoms with van der Waals surface area (Å²) < 4.78 is 0. The summed E-state index contributed by atoms with van der Waals surface area (Å²) >= 11 is 5.63. The summed E-state index contributed by atoms with van der Waals surface area (Å²) in [6.07, 6.45) is 0. The molecule has 0 fully saturated rings. The van der Waals surface area contributed by atoms with Crippen molar-refractivity contribution in [2.45, 2.75) is 6.04 Å². The number of aliphatic hydroxyl groups is 1. The van der Waals surface area contributed by atoms with Crippen LogP contribution in [0.3, 0.4) is 0 Å². The minimum Gasteiger partial charge on any atom is -0.480 e. The fourth-order valence-corrected chi connectivity index (χ4v) is 1.15. The van der Waals surface area contributed by atoms with Gasteiger partial charge in [0.15, 0.2) is 6.04 Å². The zero-order valence-electron chi connectivity index (χ0n) is 8.18. The second-order valence-electron chi connectivity index (χ2n) is 3.05. The van der Waals surface area contributed by atoms with E-state index < -0.39 is 24.5 Å². The van der Waals surface area contributed by atoms with Gasteiger partial charge in [-0.25, -0.2) is 4.79 Å². The molecular formula is C10H10ClNO4. The number of carboxylic acids is 1. The number of amides is 1. The summed E-state index contributed by atoms with van der Waals surface area (Å²) in [5, 5.41) is 20.0. The molecule has 5 nitrogen and oxygen atoms in total. The highest BCUT2D eigenvalue weighted by atomic mass is 35.5. The summed E-state index contributed by atoms with van der Waals surface area (Å²) in [4.78, 5) is 22.1. The van der Waals surface area contributed by atoms with Crippen molar-refractivity contribution in [2.75, 3.05) is 6.61 Å². The molecule has 3 N–H and O–H groups in total. The Balaban J connectivity index is 2.71. The van der Waals surface area contributed by atoms with Crippen LogP contribution in [0.15, 0.2) is 24.3 Å². The normalized spacial score (nSPS) is 11.9. The number of benzene rings is 1. The molecule has 0 heterocycles. The summed E-state index contributed by atoms with van der Waals surface area (Å²) in [7, 11) is 0. The Kier molecular flexibility index (Phi) is 4.28. The Morgan fingerprint density at radius 3 is 2.31 bits per heavy atom. The summed E-state index contributed by atoms with van der Waals surface area (Å²) in [5.41, 5.74) is 0.282. The van der Waals surface area contributed by atoms with Gasteiger partial charge in [-0.15, -0.1) is 0 Å². The van der Waals surface area contributed by atoms with Crippen LogP contribution in [0.25, 0.3) is 0 Å². The second kappa shape index (κ2) is 5.48. The van der Waals surface area contributed by atoms with Crippen molar-refractivity contribution < 1.29 is 19.8 Å². The Hall–Kier alpha value is -1.59. The molecule has 0 unspecified atom stereocenters. The van der Waals surface area contributed by atoms with Gasteiger partial charge < -0.3 is 15.5 Å². The van der Waals surface area contributed by atoms with Gasteiger partial charge in [-0.2, -0.15) is 0 Å². The maximum Gasteiger partial charge on any atom is 0.328 e. The average Bonchev–Trinajstić information content (AvgIpc) is 2.26. The largest absolute Gasteiger partial charge is 0.480 e. The molecule has 0 aromatic heterocycles. The highest BCUT2D eigenvalue weighted by Crippen LogP contribution is 2.09. The minimum atomic E-state index is -1.30. The fraction of sp³-hybridized carbons (Fsp3) is 0.200. The predicted molar refractivity (Wildman–Crippen MR) is 57.4 cm³/mol. The van der Waals surface area contributed by atoms with Crippen LogP contribution in [-0.2, 0) is 4.79 Å². The van der Waals surface area contributed by atoms with Crippen LogP contribution in [0.1, 0.15) is 10.4 Å². The van der Waals surface area contributed by atoms with E-state index >= 15 is 0 Å². The molecule has 1 amide bonds. The molecule has 1 rings (SSSR count). The lowest BCUT2D eigenvalue weighted by Crippen LogP contribution is -2.43. The molecule has 16 heavy (non-hydrogen) atoms. The predicted octanol–water partition coefficient (Wildman–Crippen LogP) is 0.515. The quantitative estimate of drug-likeness (QED) is 0.719. The number of hydrogen-bond acceptors (Lipinski definition) is 3. The lowest BCUT2D eigenvalue weighted by Gasteiger charge is -2.11. The van der Waals surface area contributed by atoms with E-state index in [9.17, 15) is 9.59 Å². The zero-order chi connectivity index (χ0) is 12.1. The van der Waals surface area contributed by atoms with Gasteiger partial charge in [0.1, 0.15) is 0 Å². The van der Waals surface area contributed by atoms with Crippen LogP contribution >= 0.6 is 11.6 Å². The second-order valence-corrected chi connectivity index (χ2v) is 3.49. The summed E-state index contributed by atoms with van der Waals surface area (Å²) in [6, 6.07) is 4.67. The molecule has 6 heteroatoms. The molecule has 0 radical (unpaired) electrons. The summed E-state index contributed by atoms with van der Waals surface area (Å²) in [6.45, 7) is -0.658. The molecule has 0 bridgehead atoms. The van der Waals surface area contributed by atoms with Crippen molar-refractivity contribution in [3.05, 3.63) is 34.9 Å². The first-order chi connectivity index (χ1) is 7.54. The lowest BCUT2D eigenvalue weighted by atomic mass is 10.2. The molecule has 1 aromatic rings. The number of nitrogens with one attached hydrogen (secondary N) is 1. The van der Waals surface area contributed by atoms with Crippen LogP contribution < -0.4 is 5.32 Å². The van der Waals surface area contributed by atoms with Crippen molar-refractivity contribution in [1.82, 2.24) is 5.32 Å². The van der Waals surface area contributed by atoms with Crippen molar-refractivity contribution in [3.8, 4) is 0 Å². The molecule has 0 spiro atoms. The number of carboxylic acid groups (broad SMARTS) is 1. The molecule has 0 saturated heterocycles. The Bertz CT molecular complexity index is 390. The fourth-order valence-electron chi connectivity index (χ4n) is 1.03. The van der Waals surface area contributed by atoms with E-state index in [0.29, 0.717) is 5.02 Å². The van der Waals surface area contributed by atoms with Crippen molar-refractivity contribution in [1.29, 1.82) is 0 Å². The van der Waals surface area contributed by atoms with Gasteiger partial charge in [-0.1, -0.05) is 11.6 Å². The van der Waals surface area contributed by atoms with E-state index in [2.05, 4.69) is 5.32 Å². The van der Waals surface area contributed by atoms with Crippen molar-refractivity contribution >= 4 is 23.5 Å². The minimum absolute atomic E-state index is 0.282. The Morgan fingerprint density at radius 2 is 1.88 bits per heavy atom. The first kappa shape index (κ1) is 12.5. The molecule has 0 aliphatic carbocycles. The standard InChI is InChI=1S/C10H10ClNO4/c11-7-3-1-6(2-4-7)9(14)12-8(5-13)10(15)16/h1-4,8,13H,5H2,(H,12,14)(H,15,16)/t8-/m0/s1. The topological polar surface area (TPSA) is 86.6 Å². The number of carbonyl (C=O) groups excluding carboxylic acids is 1. The van der Waals surface area contributed by atoms with E-state index in [0.717, 1.165) is 0 Å². The number of aliphatic hydroxyl groups excluding tert-OH is 1. The molecule has 86 valence electrons. The van der Waals surface area contributed by atoms with E-state index in [-0.39, 0.29) is 5.56 Å². The number of halogens is 1. The van der Waals surface area contributed by atoms with Crippen molar-refractivity contribution in [2.24, 2.45) is 0 Å². The third kappa shape index (κ3) is 3.22. The van der Waals surface area contributed by atoms with Gasteiger partial charge >= 0.3 is 5.97 Å². The van der Waals surface area contributed by atoms with Crippen LogP contribution in [-0.4, -0.2) is 34.7 Å². The first-order valence-corrected chi connectivity index (χ1v) is 4.82. The number of hydrogen-bond donors (Lipinski definition) is 3. The number of carbonyl (C=O) groups is 2. The van der Waals surface area contributed by atoms with Gasteiger partial charge in [-0.3, -0.25) is 4.79 Å². The van der Waals surface area contributed by atoms with Gasteiger partial charge in [0.25, 0.3) is 5.91 Å². The SMILES string of the molecule is O=C(N[C@@H](CO)C(=O)O)c1ccc(Cl)cc1. The van der Waals surface area contributed by atoms with Gasteiger partial charge in [0.2, 0.25) is 0 Å². The third-order valence-corrected chi connectivity index (χ3v) is 2.14. The molecule has 0 aliphatic rings. The molecule has 1 aromatic carbocycles. The monoisotopic (exact) mass is 243 g/mol. The van der Waals surface area contributed by atoms with E-state index in [1.807, 2.05) is 0 Å². The van der Waals surface area contributed by atoms with Gasteiger partial charge in [-0.05, 0) is 24.3 Å². The van der Waals surface area contributed by atoms with E-state index in [1.165, 1.54) is 24.3 Å². The van der Waals surface area contributed by atoms with E-state index in [1.54, 1.807) is 0 Å². The molecular weight excluding hydrogens is 234 g/mol. The summed E-state index contributed by atoms with van der Waals surface area (Å²) in [5.74, 6) is -1.86. The lowest BCUT2D eigenvalue weighted by molar-refractivity contribution is -0.140. The van der Waals surface area contributed by atoms with Crippen LogP contribution in [0, 0.1) is 0 Å².